The number of halogens is 1. The number of aliphatic hydroxyl groups excluding tert-OH is 1. The minimum absolute atomic E-state index is 0.0729. The van der Waals surface area contributed by atoms with Gasteiger partial charge in [-0.3, -0.25) is 0 Å². The average Bonchev–Trinajstić information content (AvgIpc) is 2.21. The summed E-state index contributed by atoms with van der Waals surface area (Å²) in [4.78, 5) is 0. The zero-order valence-corrected chi connectivity index (χ0v) is 12.3. The third-order valence-corrected chi connectivity index (χ3v) is 3.56. The number of nitrogens with two attached hydrogens (primary N) is 1. The maximum absolute atomic E-state index is 8.98. The molecule has 1 aromatic carbocycles. The first kappa shape index (κ1) is 14.3. The van der Waals surface area contributed by atoms with Crippen LogP contribution in [0, 0.1) is 12.3 Å². The number of benzene rings is 1. The molecule has 0 spiro atoms. The van der Waals surface area contributed by atoms with Crippen LogP contribution >= 0.6 is 15.9 Å². The Hall–Kier alpha value is -0.740. The lowest BCUT2D eigenvalue weighted by Crippen LogP contribution is -2.24. The number of aliphatic hydroxyl groups is 1. The average molecular weight is 301 g/mol. The first-order valence-corrected chi connectivity index (χ1v) is 6.55. The van der Waals surface area contributed by atoms with Crippen molar-refractivity contribution in [3.8, 4) is 0 Å². The SMILES string of the molecule is Cc1cc(NCC(C)(C)CCO)c(Br)cc1N. The van der Waals surface area contributed by atoms with E-state index in [0.29, 0.717) is 0 Å². The fourth-order valence-corrected chi connectivity index (χ4v) is 2.06. The predicted molar refractivity (Wildman–Crippen MR) is 77.3 cm³/mol. The second-order valence-corrected chi connectivity index (χ2v) is 6.03. The summed E-state index contributed by atoms with van der Waals surface area (Å²) in [6.07, 6.45) is 0.783. The molecule has 0 amide bonds. The number of aryl methyl sites for hydroxylation is 1. The standard InChI is InChI=1S/C13H21BrN2O/c1-9-6-12(10(14)7-11(9)15)16-8-13(2,3)4-5-17/h6-7,16-17H,4-5,8,15H2,1-3H3. The van der Waals surface area contributed by atoms with Crippen molar-refractivity contribution in [1.29, 1.82) is 0 Å². The van der Waals surface area contributed by atoms with Crippen molar-refractivity contribution < 1.29 is 5.11 Å². The molecule has 0 aliphatic heterocycles. The van der Waals surface area contributed by atoms with Crippen molar-refractivity contribution in [2.45, 2.75) is 27.2 Å². The van der Waals surface area contributed by atoms with Crippen LogP contribution < -0.4 is 11.1 Å². The molecule has 0 heterocycles. The quantitative estimate of drug-likeness (QED) is 0.732. The zero-order chi connectivity index (χ0) is 13.1. The van der Waals surface area contributed by atoms with Gasteiger partial charge in [0.2, 0.25) is 0 Å². The van der Waals surface area contributed by atoms with Crippen LogP contribution in [0.15, 0.2) is 16.6 Å². The molecule has 0 atom stereocenters. The van der Waals surface area contributed by atoms with Crippen molar-refractivity contribution in [3.05, 3.63) is 22.2 Å². The van der Waals surface area contributed by atoms with Crippen LogP contribution in [0.1, 0.15) is 25.8 Å². The summed E-state index contributed by atoms with van der Waals surface area (Å²) in [5.41, 5.74) is 8.80. The van der Waals surface area contributed by atoms with Gasteiger partial charge in [-0.25, -0.2) is 0 Å². The summed E-state index contributed by atoms with van der Waals surface area (Å²) < 4.78 is 0.973. The van der Waals surface area contributed by atoms with Crippen LogP contribution in [-0.2, 0) is 0 Å². The van der Waals surface area contributed by atoms with Gasteiger partial charge in [0.05, 0.1) is 0 Å². The molecule has 0 bridgehead atoms. The van der Waals surface area contributed by atoms with E-state index in [1.165, 1.54) is 0 Å². The van der Waals surface area contributed by atoms with Crippen molar-refractivity contribution in [3.63, 3.8) is 0 Å². The molecule has 0 aliphatic carbocycles. The monoisotopic (exact) mass is 300 g/mol. The van der Waals surface area contributed by atoms with Gasteiger partial charge in [-0.05, 0) is 52.4 Å². The van der Waals surface area contributed by atoms with Crippen LogP contribution in [-0.4, -0.2) is 18.3 Å². The summed E-state index contributed by atoms with van der Waals surface area (Å²) in [7, 11) is 0. The van der Waals surface area contributed by atoms with Crippen molar-refractivity contribution >= 4 is 27.3 Å². The van der Waals surface area contributed by atoms with Crippen LogP contribution in [0.2, 0.25) is 0 Å². The largest absolute Gasteiger partial charge is 0.398 e. The number of hydrogen-bond acceptors (Lipinski definition) is 3. The normalized spacial score (nSPS) is 11.6. The summed E-state index contributed by atoms with van der Waals surface area (Å²) in [6, 6.07) is 3.95. The molecular formula is C13H21BrN2O. The molecule has 4 heteroatoms. The van der Waals surface area contributed by atoms with Gasteiger partial charge in [0.25, 0.3) is 0 Å². The van der Waals surface area contributed by atoms with Crippen LogP contribution in [0.5, 0.6) is 0 Å². The Morgan fingerprint density at radius 2 is 2.06 bits per heavy atom. The number of hydrogen-bond donors (Lipinski definition) is 3. The highest BCUT2D eigenvalue weighted by molar-refractivity contribution is 9.10. The minimum atomic E-state index is 0.0729. The van der Waals surface area contributed by atoms with Gasteiger partial charge < -0.3 is 16.2 Å². The molecule has 17 heavy (non-hydrogen) atoms. The summed E-state index contributed by atoms with van der Waals surface area (Å²) in [6.45, 7) is 7.29. The van der Waals surface area contributed by atoms with E-state index in [4.69, 9.17) is 10.8 Å². The van der Waals surface area contributed by atoms with E-state index in [1.54, 1.807) is 0 Å². The number of anilines is 2. The Morgan fingerprint density at radius 3 is 2.65 bits per heavy atom. The number of nitrogens with one attached hydrogen (secondary N) is 1. The molecule has 0 saturated heterocycles. The lowest BCUT2D eigenvalue weighted by molar-refractivity contribution is 0.220. The van der Waals surface area contributed by atoms with Crippen molar-refractivity contribution in [2.75, 3.05) is 24.2 Å². The zero-order valence-electron chi connectivity index (χ0n) is 10.7. The summed E-state index contributed by atoms with van der Waals surface area (Å²) in [5, 5.41) is 12.4. The van der Waals surface area contributed by atoms with E-state index in [9.17, 15) is 0 Å². The highest BCUT2D eigenvalue weighted by Crippen LogP contribution is 2.29. The highest BCUT2D eigenvalue weighted by Gasteiger charge is 2.17. The topological polar surface area (TPSA) is 58.3 Å². The third-order valence-electron chi connectivity index (χ3n) is 2.90. The van der Waals surface area contributed by atoms with E-state index < -0.39 is 0 Å². The molecule has 4 N–H and O–H groups in total. The molecule has 0 saturated carbocycles. The van der Waals surface area contributed by atoms with Gasteiger partial charge in [0.15, 0.2) is 0 Å². The summed E-state index contributed by atoms with van der Waals surface area (Å²) in [5.74, 6) is 0. The van der Waals surface area contributed by atoms with Gasteiger partial charge in [-0.1, -0.05) is 13.8 Å². The first-order chi connectivity index (χ1) is 7.85. The maximum Gasteiger partial charge on any atom is 0.0489 e. The second kappa shape index (κ2) is 5.74. The van der Waals surface area contributed by atoms with E-state index in [1.807, 2.05) is 19.1 Å². The Morgan fingerprint density at radius 1 is 1.41 bits per heavy atom. The van der Waals surface area contributed by atoms with Gasteiger partial charge >= 0.3 is 0 Å². The third kappa shape index (κ3) is 4.21. The molecule has 3 nitrogen and oxygen atoms in total. The highest BCUT2D eigenvalue weighted by atomic mass is 79.9. The van der Waals surface area contributed by atoms with Gasteiger partial charge in [-0.2, -0.15) is 0 Å². The lowest BCUT2D eigenvalue weighted by Gasteiger charge is -2.25. The predicted octanol–water partition coefficient (Wildman–Crippen LogP) is 3.16. The molecule has 1 aromatic rings. The summed E-state index contributed by atoms with van der Waals surface area (Å²) >= 11 is 3.50. The number of rotatable bonds is 5. The van der Waals surface area contributed by atoms with Crippen molar-refractivity contribution in [2.24, 2.45) is 5.41 Å². The molecule has 0 radical (unpaired) electrons. The van der Waals surface area contributed by atoms with Crippen LogP contribution in [0.3, 0.4) is 0 Å². The first-order valence-electron chi connectivity index (χ1n) is 5.76. The molecule has 1 rings (SSSR count). The van der Waals surface area contributed by atoms with Gasteiger partial charge in [-0.15, -0.1) is 0 Å². The van der Waals surface area contributed by atoms with Crippen LogP contribution in [0.4, 0.5) is 11.4 Å². The smallest absolute Gasteiger partial charge is 0.0489 e. The Bertz CT molecular complexity index is 391. The van der Waals surface area contributed by atoms with Gasteiger partial charge in [0, 0.05) is 29.0 Å². The Labute approximate surface area is 112 Å². The van der Waals surface area contributed by atoms with E-state index in [-0.39, 0.29) is 12.0 Å². The Balaban J connectivity index is 2.73. The maximum atomic E-state index is 8.98. The van der Waals surface area contributed by atoms with E-state index >= 15 is 0 Å². The van der Waals surface area contributed by atoms with E-state index in [0.717, 1.165) is 34.4 Å². The van der Waals surface area contributed by atoms with Crippen LogP contribution in [0.25, 0.3) is 0 Å². The number of nitrogen functional groups attached to an aromatic ring is 1. The molecule has 0 fully saturated rings. The second-order valence-electron chi connectivity index (χ2n) is 5.18. The fourth-order valence-electron chi connectivity index (χ4n) is 1.56. The molecular weight excluding hydrogens is 280 g/mol. The van der Waals surface area contributed by atoms with Gasteiger partial charge in [0.1, 0.15) is 0 Å². The molecule has 0 aliphatic rings. The fraction of sp³-hybridized carbons (Fsp3) is 0.538. The lowest BCUT2D eigenvalue weighted by atomic mass is 9.89. The Kier molecular flexibility index (Phi) is 4.83. The molecule has 96 valence electrons. The molecule has 0 aromatic heterocycles. The minimum Gasteiger partial charge on any atom is -0.398 e. The van der Waals surface area contributed by atoms with E-state index in [2.05, 4.69) is 35.1 Å². The van der Waals surface area contributed by atoms with Crippen molar-refractivity contribution in [1.82, 2.24) is 0 Å². The molecule has 0 unspecified atom stereocenters.